The highest BCUT2D eigenvalue weighted by molar-refractivity contribution is 5.90. The van der Waals surface area contributed by atoms with Gasteiger partial charge in [0, 0.05) is 0 Å². The average molecular weight is 258 g/mol. The Labute approximate surface area is 117 Å². The topological polar surface area (TPSA) is 20.2 Å². The molecule has 1 nitrogen and oxygen atoms in total. The second-order valence-corrected chi connectivity index (χ2v) is 4.48. The molecule has 0 unspecified atom stereocenters. The molecule has 1 N–H and O–H groups in total. The van der Waals surface area contributed by atoms with Crippen LogP contribution in [-0.2, 0) is 0 Å². The molecule has 0 saturated heterocycles. The van der Waals surface area contributed by atoms with Gasteiger partial charge in [-0.1, -0.05) is 45.9 Å². The number of hydrogen-bond acceptors (Lipinski definition) is 1. The van der Waals surface area contributed by atoms with Gasteiger partial charge in [0.2, 0.25) is 0 Å². The number of fused-ring (bicyclic) bond motifs is 1. The van der Waals surface area contributed by atoms with E-state index in [1.807, 2.05) is 39.8 Å². The summed E-state index contributed by atoms with van der Waals surface area (Å²) in [4.78, 5) is 0. The molecule has 0 heterocycles. The van der Waals surface area contributed by atoms with E-state index in [9.17, 15) is 5.11 Å². The standard InChI is InChI=1S/C14H14O.2C2H6/c1-9-7-12(15)8-11-3-2-4-13(14(9)11)10-5-6-10;2*1-2/h2-4,7-8,10,15H,5-6H2,1H3;2*1-2H3. The average Bonchev–Trinajstić information content (AvgIpc) is 3.26. The smallest absolute Gasteiger partial charge is 0.116 e. The van der Waals surface area contributed by atoms with E-state index >= 15 is 0 Å². The van der Waals surface area contributed by atoms with Crippen molar-refractivity contribution >= 4 is 10.8 Å². The second-order valence-electron chi connectivity index (χ2n) is 4.48. The van der Waals surface area contributed by atoms with Crippen LogP contribution in [0.15, 0.2) is 30.3 Å². The summed E-state index contributed by atoms with van der Waals surface area (Å²) in [6.07, 6.45) is 2.64. The van der Waals surface area contributed by atoms with Gasteiger partial charge in [0.05, 0.1) is 0 Å². The first kappa shape index (κ1) is 15.6. The number of benzene rings is 2. The maximum Gasteiger partial charge on any atom is 0.116 e. The first-order valence-electron chi connectivity index (χ1n) is 7.48. The maximum atomic E-state index is 9.56. The Kier molecular flexibility index (Phi) is 5.88. The van der Waals surface area contributed by atoms with Crippen LogP contribution in [0.2, 0.25) is 0 Å². The Morgan fingerprint density at radius 3 is 2.21 bits per heavy atom. The number of aryl methyl sites for hydroxylation is 1. The number of hydrogen-bond donors (Lipinski definition) is 1. The lowest BCUT2D eigenvalue weighted by atomic mass is 9.97. The minimum absolute atomic E-state index is 0.368. The van der Waals surface area contributed by atoms with Crippen LogP contribution in [0.5, 0.6) is 5.75 Å². The van der Waals surface area contributed by atoms with E-state index in [0.29, 0.717) is 5.75 Å². The molecule has 104 valence electrons. The van der Waals surface area contributed by atoms with Crippen LogP contribution in [-0.4, -0.2) is 5.11 Å². The molecular weight excluding hydrogens is 232 g/mol. The van der Waals surface area contributed by atoms with Gasteiger partial charge in [-0.2, -0.15) is 0 Å². The monoisotopic (exact) mass is 258 g/mol. The summed E-state index contributed by atoms with van der Waals surface area (Å²) in [6, 6.07) is 10.1. The van der Waals surface area contributed by atoms with Crippen LogP contribution < -0.4 is 0 Å². The first-order valence-corrected chi connectivity index (χ1v) is 7.48. The molecule has 1 aliphatic carbocycles. The number of phenols is 1. The Balaban J connectivity index is 0.000000415. The van der Waals surface area contributed by atoms with E-state index in [-0.39, 0.29) is 0 Å². The van der Waals surface area contributed by atoms with Crippen molar-refractivity contribution in [2.24, 2.45) is 0 Å². The predicted octanol–water partition coefficient (Wildman–Crippen LogP) is 5.78. The molecule has 1 aliphatic rings. The lowest BCUT2D eigenvalue weighted by Gasteiger charge is -2.09. The normalized spacial score (nSPS) is 13.1. The first-order chi connectivity index (χ1) is 9.25. The highest BCUT2D eigenvalue weighted by atomic mass is 16.3. The third-order valence-electron chi connectivity index (χ3n) is 3.21. The minimum atomic E-state index is 0.368. The molecule has 0 aliphatic heterocycles. The fraction of sp³-hybridized carbons (Fsp3) is 0.444. The molecule has 0 bridgehead atoms. The molecule has 0 aromatic heterocycles. The predicted molar refractivity (Wildman–Crippen MR) is 85.0 cm³/mol. The lowest BCUT2D eigenvalue weighted by Crippen LogP contribution is -1.86. The van der Waals surface area contributed by atoms with E-state index in [1.54, 1.807) is 0 Å². The van der Waals surface area contributed by atoms with Crippen LogP contribution in [0.1, 0.15) is 57.6 Å². The highest BCUT2D eigenvalue weighted by Gasteiger charge is 2.25. The van der Waals surface area contributed by atoms with Crippen molar-refractivity contribution in [1.82, 2.24) is 0 Å². The zero-order valence-corrected chi connectivity index (χ0v) is 12.8. The summed E-state index contributed by atoms with van der Waals surface area (Å²) in [6.45, 7) is 10.1. The maximum absolute atomic E-state index is 9.56. The zero-order valence-electron chi connectivity index (χ0n) is 12.8. The fourth-order valence-electron chi connectivity index (χ4n) is 2.39. The lowest BCUT2D eigenvalue weighted by molar-refractivity contribution is 0.476. The summed E-state index contributed by atoms with van der Waals surface area (Å²) in [5.41, 5.74) is 2.65. The van der Waals surface area contributed by atoms with Crippen molar-refractivity contribution in [3.05, 3.63) is 41.5 Å². The van der Waals surface area contributed by atoms with Crippen molar-refractivity contribution in [2.75, 3.05) is 0 Å². The molecule has 0 radical (unpaired) electrons. The van der Waals surface area contributed by atoms with Crippen LogP contribution >= 0.6 is 0 Å². The van der Waals surface area contributed by atoms with Gasteiger partial charge in [-0.15, -0.1) is 0 Å². The summed E-state index contributed by atoms with van der Waals surface area (Å²) in [5, 5.41) is 12.1. The van der Waals surface area contributed by atoms with Gasteiger partial charge in [-0.05, 0) is 59.7 Å². The van der Waals surface area contributed by atoms with Gasteiger partial charge in [0.15, 0.2) is 0 Å². The number of rotatable bonds is 1. The summed E-state index contributed by atoms with van der Waals surface area (Å²) < 4.78 is 0. The molecule has 1 fully saturated rings. The summed E-state index contributed by atoms with van der Waals surface area (Å²) >= 11 is 0. The van der Waals surface area contributed by atoms with Crippen LogP contribution in [0.4, 0.5) is 0 Å². The number of phenolic OH excluding ortho intramolecular Hbond substituents is 1. The molecule has 1 heteroatoms. The van der Waals surface area contributed by atoms with Crippen LogP contribution in [0.25, 0.3) is 10.8 Å². The van der Waals surface area contributed by atoms with E-state index in [1.165, 1.54) is 29.4 Å². The van der Waals surface area contributed by atoms with Gasteiger partial charge in [0.1, 0.15) is 5.75 Å². The molecule has 3 rings (SSSR count). The van der Waals surface area contributed by atoms with Crippen molar-refractivity contribution in [3.8, 4) is 5.75 Å². The third kappa shape index (κ3) is 3.50. The van der Waals surface area contributed by atoms with Crippen molar-refractivity contribution in [1.29, 1.82) is 0 Å². The van der Waals surface area contributed by atoms with Crippen molar-refractivity contribution < 1.29 is 5.11 Å². The molecule has 0 atom stereocenters. The van der Waals surface area contributed by atoms with E-state index in [0.717, 1.165) is 11.3 Å². The molecular formula is C18H26O. The largest absolute Gasteiger partial charge is 0.508 e. The number of aromatic hydroxyl groups is 1. The molecule has 2 aromatic rings. The van der Waals surface area contributed by atoms with Crippen LogP contribution in [0, 0.1) is 6.92 Å². The van der Waals surface area contributed by atoms with Crippen molar-refractivity contribution in [3.63, 3.8) is 0 Å². The minimum Gasteiger partial charge on any atom is -0.508 e. The Hall–Kier alpha value is -1.50. The Bertz CT molecular complexity index is 524. The SMILES string of the molecule is CC.CC.Cc1cc(O)cc2cccc(C3CC3)c12. The fourth-order valence-corrected chi connectivity index (χ4v) is 2.39. The van der Waals surface area contributed by atoms with Gasteiger partial charge >= 0.3 is 0 Å². The zero-order chi connectivity index (χ0) is 14.4. The molecule has 19 heavy (non-hydrogen) atoms. The van der Waals surface area contributed by atoms with Crippen molar-refractivity contribution in [2.45, 2.75) is 53.4 Å². The highest BCUT2D eigenvalue weighted by Crippen LogP contribution is 2.44. The molecule has 1 saturated carbocycles. The Morgan fingerprint density at radius 2 is 1.63 bits per heavy atom. The van der Waals surface area contributed by atoms with Gasteiger partial charge in [0.25, 0.3) is 0 Å². The third-order valence-corrected chi connectivity index (χ3v) is 3.21. The van der Waals surface area contributed by atoms with Gasteiger partial charge in [-0.3, -0.25) is 0 Å². The molecule has 0 amide bonds. The van der Waals surface area contributed by atoms with Gasteiger partial charge in [-0.25, -0.2) is 0 Å². The molecule has 0 spiro atoms. The summed E-state index contributed by atoms with van der Waals surface area (Å²) in [7, 11) is 0. The van der Waals surface area contributed by atoms with E-state index < -0.39 is 0 Å². The van der Waals surface area contributed by atoms with E-state index in [2.05, 4.69) is 25.1 Å². The van der Waals surface area contributed by atoms with Gasteiger partial charge < -0.3 is 5.11 Å². The Morgan fingerprint density at radius 1 is 1.00 bits per heavy atom. The van der Waals surface area contributed by atoms with E-state index in [4.69, 9.17) is 0 Å². The quantitative estimate of drug-likeness (QED) is 0.687. The van der Waals surface area contributed by atoms with Crippen LogP contribution in [0.3, 0.4) is 0 Å². The summed E-state index contributed by atoms with van der Waals surface area (Å²) in [5.74, 6) is 1.13. The molecule has 2 aromatic carbocycles. The second kappa shape index (κ2) is 7.18.